The molecule has 0 amide bonds. The highest BCUT2D eigenvalue weighted by Gasteiger charge is 2.17. The summed E-state index contributed by atoms with van der Waals surface area (Å²) in [6.07, 6.45) is 2.29. The summed E-state index contributed by atoms with van der Waals surface area (Å²) in [5, 5.41) is 0. The van der Waals surface area contributed by atoms with Gasteiger partial charge < -0.3 is 4.90 Å². The van der Waals surface area contributed by atoms with E-state index in [4.69, 9.17) is 0 Å². The van der Waals surface area contributed by atoms with Crippen molar-refractivity contribution in [3.63, 3.8) is 0 Å². The van der Waals surface area contributed by atoms with E-state index >= 15 is 0 Å². The van der Waals surface area contributed by atoms with Gasteiger partial charge in [-0.25, -0.2) is 0 Å². The van der Waals surface area contributed by atoms with E-state index in [-0.39, 0.29) is 0 Å². The van der Waals surface area contributed by atoms with Gasteiger partial charge in [0.2, 0.25) is 0 Å². The van der Waals surface area contributed by atoms with Crippen molar-refractivity contribution in [3.8, 4) is 0 Å². The van der Waals surface area contributed by atoms with Crippen molar-refractivity contribution in [2.75, 3.05) is 19.6 Å². The molecule has 2 aromatic carbocycles. The van der Waals surface area contributed by atoms with Crippen LogP contribution in [0.15, 0.2) is 66.2 Å². The molecule has 1 aliphatic rings. The molecule has 0 N–H and O–H groups in total. The van der Waals surface area contributed by atoms with E-state index in [9.17, 15) is 0 Å². The number of nitrogens with zero attached hydrogens (tertiary/aromatic N) is 1. The summed E-state index contributed by atoms with van der Waals surface area (Å²) in [5.74, 6) is 0. The maximum Gasteiger partial charge on any atom is 0.00190 e. The molecule has 0 aromatic heterocycles. The lowest BCUT2D eigenvalue weighted by Crippen LogP contribution is -2.30. The van der Waals surface area contributed by atoms with Crippen LogP contribution in [0.3, 0.4) is 0 Å². The van der Waals surface area contributed by atoms with Gasteiger partial charge >= 0.3 is 0 Å². The molecule has 2 aromatic rings. The fourth-order valence-corrected chi connectivity index (χ4v) is 3.08. The first-order valence-corrected chi connectivity index (χ1v) is 7.73. The molecular weight excluding hydrogens is 254 g/mol. The molecule has 0 spiro atoms. The first-order valence-electron chi connectivity index (χ1n) is 7.73. The van der Waals surface area contributed by atoms with Crippen molar-refractivity contribution >= 4 is 5.57 Å². The fourth-order valence-electron chi connectivity index (χ4n) is 3.08. The average molecular weight is 276 g/mol. The van der Waals surface area contributed by atoms with E-state index in [0.29, 0.717) is 0 Å². The Morgan fingerprint density at radius 2 is 1.29 bits per heavy atom. The summed E-state index contributed by atoms with van der Waals surface area (Å²) in [6, 6.07) is 21.6. The second kappa shape index (κ2) is 6.73. The monoisotopic (exact) mass is 276 g/mol. The molecule has 1 heteroatoms. The van der Waals surface area contributed by atoms with Gasteiger partial charge in [-0.3, -0.25) is 0 Å². The van der Waals surface area contributed by atoms with E-state index in [1.54, 1.807) is 5.57 Å². The van der Waals surface area contributed by atoms with Crippen LogP contribution in [0.25, 0.3) is 5.57 Å². The number of hydrogen-bond acceptors (Lipinski definition) is 1. The van der Waals surface area contributed by atoms with Crippen molar-refractivity contribution in [3.05, 3.63) is 84.3 Å². The molecule has 21 heavy (non-hydrogen) atoms. The molecule has 107 valence electrons. The predicted molar refractivity (Wildman–Crippen MR) is 89.9 cm³/mol. The lowest BCUT2D eigenvalue weighted by molar-refractivity contribution is 0.282. The van der Waals surface area contributed by atoms with Crippen molar-refractivity contribution < 1.29 is 0 Å². The zero-order valence-electron chi connectivity index (χ0n) is 12.5. The Labute approximate surface area is 127 Å². The van der Waals surface area contributed by atoms with E-state index in [1.807, 2.05) is 0 Å². The van der Waals surface area contributed by atoms with E-state index in [2.05, 4.69) is 72.5 Å². The van der Waals surface area contributed by atoms with Gasteiger partial charge in [-0.05, 0) is 43.0 Å². The zero-order valence-corrected chi connectivity index (χ0v) is 12.5. The van der Waals surface area contributed by atoms with Crippen LogP contribution in [0.2, 0.25) is 0 Å². The van der Waals surface area contributed by atoms with Gasteiger partial charge in [-0.15, -0.1) is 0 Å². The maximum absolute atomic E-state index is 4.01. The van der Waals surface area contributed by atoms with Crippen molar-refractivity contribution in [1.82, 2.24) is 4.90 Å². The van der Waals surface area contributed by atoms with Crippen molar-refractivity contribution in [2.45, 2.75) is 12.8 Å². The zero-order chi connectivity index (χ0) is 14.5. The van der Waals surface area contributed by atoms with Crippen LogP contribution in [-0.4, -0.2) is 24.5 Å². The normalized spacial score (nSPS) is 16.0. The van der Waals surface area contributed by atoms with Crippen LogP contribution >= 0.6 is 0 Å². The third-order valence-electron chi connectivity index (χ3n) is 4.25. The molecule has 1 nitrogen and oxygen atoms in total. The molecule has 1 fully saturated rings. The van der Waals surface area contributed by atoms with Crippen LogP contribution in [-0.2, 0) is 0 Å². The van der Waals surface area contributed by atoms with Gasteiger partial charge in [0.1, 0.15) is 0 Å². The van der Waals surface area contributed by atoms with Crippen LogP contribution in [0, 0.1) is 6.92 Å². The van der Waals surface area contributed by atoms with Crippen LogP contribution in [0.5, 0.6) is 0 Å². The van der Waals surface area contributed by atoms with Gasteiger partial charge in [0, 0.05) is 13.1 Å². The van der Waals surface area contributed by atoms with Gasteiger partial charge in [-0.1, -0.05) is 66.2 Å². The lowest BCUT2D eigenvalue weighted by atomic mass is 9.88. The Bertz CT molecular complexity index is 547. The summed E-state index contributed by atoms with van der Waals surface area (Å²) >= 11 is 0. The highest BCUT2D eigenvalue weighted by atomic mass is 15.1. The largest absolute Gasteiger partial charge is 0.303 e. The molecule has 0 unspecified atom stereocenters. The van der Waals surface area contributed by atoms with E-state index in [1.165, 1.54) is 16.7 Å². The summed E-state index contributed by atoms with van der Waals surface area (Å²) in [7, 11) is 0. The van der Waals surface area contributed by atoms with Gasteiger partial charge in [0.05, 0.1) is 0 Å². The Morgan fingerprint density at radius 1 is 0.810 bits per heavy atom. The molecule has 1 aliphatic heterocycles. The molecular formula is C20H22N. The third-order valence-corrected chi connectivity index (χ3v) is 4.25. The third kappa shape index (κ3) is 3.25. The fraction of sp³-hybridized carbons (Fsp3) is 0.250. The molecule has 1 saturated heterocycles. The number of hydrogen-bond donors (Lipinski definition) is 0. The van der Waals surface area contributed by atoms with Gasteiger partial charge in [-0.2, -0.15) is 0 Å². The minimum absolute atomic E-state index is 0.916. The van der Waals surface area contributed by atoms with Crippen LogP contribution < -0.4 is 0 Å². The Hall–Kier alpha value is -1.86. The quantitative estimate of drug-likeness (QED) is 0.802. The number of benzene rings is 2. The van der Waals surface area contributed by atoms with Crippen molar-refractivity contribution in [1.29, 1.82) is 0 Å². The molecule has 0 atom stereocenters. The SMILES string of the molecule is [CH2]CN1CCC(=C(c2ccccc2)c2ccccc2)CC1. The molecule has 3 rings (SSSR count). The summed E-state index contributed by atoms with van der Waals surface area (Å²) < 4.78 is 0. The highest BCUT2D eigenvalue weighted by molar-refractivity contribution is 5.82. The first kappa shape index (κ1) is 14.1. The summed E-state index contributed by atoms with van der Waals surface area (Å²) in [4.78, 5) is 2.43. The number of piperidine rings is 1. The van der Waals surface area contributed by atoms with Crippen LogP contribution in [0.4, 0.5) is 0 Å². The van der Waals surface area contributed by atoms with Crippen LogP contribution in [0.1, 0.15) is 24.0 Å². The smallest absolute Gasteiger partial charge is 0.00190 e. The minimum Gasteiger partial charge on any atom is -0.303 e. The first-order chi connectivity index (χ1) is 10.4. The maximum atomic E-state index is 4.01. The standard InChI is InChI=1S/C20H22N/c1-2-21-15-13-19(14-16-21)20(17-9-5-3-6-10-17)18-11-7-4-8-12-18/h3-12H,1-2,13-16H2. The average Bonchev–Trinajstić information content (AvgIpc) is 2.58. The molecule has 0 aliphatic carbocycles. The van der Waals surface area contributed by atoms with Gasteiger partial charge in [0.25, 0.3) is 0 Å². The molecule has 0 bridgehead atoms. The van der Waals surface area contributed by atoms with E-state index in [0.717, 1.165) is 32.5 Å². The topological polar surface area (TPSA) is 3.24 Å². The summed E-state index contributed by atoms with van der Waals surface area (Å²) in [6.45, 7) is 7.18. The second-order valence-corrected chi connectivity index (χ2v) is 5.55. The Morgan fingerprint density at radius 3 is 1.71 bits per heavy atom. The second-order valence-electron chi connectivity index (χ2n) is 5.55. The van der Waals surface area contributed by atoms with E-state index < -0.39 is 0 Å². The number of likely N-dealkylation sites (tertiary alicyclic amines) is 1. The Balaban J connectivity index is 2.01. The molecule has 1 radical (unpaired) electrons. The Kier molecular flexibility index (Phi) is 4.52. The number of rotatable bonds is 3. The lowest BCUT2D eigenvalue weighted by Gasteiger charge is -2.29. The van der Waals surface area contributed by atoms with Gasteiger partial charge in [0.15, 0.2) is 0 Å². The minimum atomic E-state index is 0.916. The molecule has 1 heterocycles. The highest BCUT2D eigenvalue weighted by Crippen LogP contribution is 2.32. The molecule has 0 saturated carbocycles. The predicted octanol–water partition coefficient (Wildman–Crippen LogP) is 4.42. The van der Waals surface area contributed by atoms with Crippen molar-refractivity contribution in [2.24, 2.45) is 0 Å². The summed E-state index contributed by atoms with van der Waals surface area (Å²) in [5.41, 5.74) is 5.68.